The van der Waals surface area contributed by atoms with Gasteiger partial charge >= 0.3 is 11.9 Å². The zero-order chi connectivity index (χ0) is 28.1. The summed E-state index contributed by atoms with van der Waals surface area (Å²) in [6.07, 6.45) is 12.5. The molecule has 5 rings (SSSR count). The Morgan fingerprint density at radius 3 is 1.40 bits per heavy atom. The molecular formula is C33H44Cl2N2O5. The van der Waals surface area contributed by atoms with E-state index in [0.29, 0.717) is 60.6 Å². The van der Waals surface area contributed by atoms with Gasteiger partial charge in [-0.15, -0.1) is 24.8 Å². The predicted octanol–water partition coefficient (Wildman–Crippen LogP) is 6.58. The van der Waals surface area contributed by atoms with Crippen LogP contribution in [0.25, 0.3) is 11.1 Å². The van der Waals surface area contributed by atoms with Crippen molar-refractivity contribution in [1.82, 2.24) is 9.80 Å². The zero-order valence-corrected chi connectivity index (χ0v) is 26.4. The van der Waals surface area contributed by atoms with Crippen LogP contribution < -0.4 is 0 Å². The standard InChI is InChI=1S/C33H42N2O5.2ClH/c1-34(25-9-5-3-6-10-25)17-19-39-32(37)23-13-15-27-28-16-14-24(22-30(28)31(36)29(27)21-23)33(38)40-20-18-35(2)26-11-7-4-8-12-26;;/h13-16,21-22,25-26H,3-12,17-20H2,1-2H3;2*1H. The van der Waals surface area contributed by atoms with E-state index in [1.807, 2.05) is 0 Å². The van der Waals surface area contributed by atoms with E-state index in [9.17, 15) is 14.4 Å². The summed E-state index contributed by atoms with van der Waals surface area (Å²) in [5, 5.41) is 0. The number of hydrogen-bond donors (Lipinski definition) is 0. The molecule has 0 atom stereocenters. The van der Waals surface area contributed by atoms with Crippen LogP contribution in [0.5, 0.6) is 0 Å². The number of carbonyl (C=O) groups is 3. The minimum atomic E-state index is -0.425. The smallest absolute Gasteiger partial charge is 0.338 e. The topological polar surface area (TPSA) is 76.1 Å². The molecular weight excluding hydrogens is 575 g/mol. The average Bonchev–Trinajstić information content (AvgIpc) is 3.28. The number of carbonyl (C=O) groups excluding carboxylic acids is 3. The van der Waals surface area contributed by atoms with Gasteiger partial charge in [-0.3, -0.25) is 4.79 Å². The SMILES string of the molecule is CN(CCOC(=O)c1ccc2c(c1)C(=O)c1cc(C(=O)OCCN(C)C3CCCCC3)ccc1-2)C1CCCCC1.Cl.Cl. The largest absolute Gasteiger partial charge is 0.461 e. The van der Waals surface area contributed by atoms with Crippen LogP contribution in [0, 0.1) is 0 Å². The molecule has 42 heavy (non-hydrogen) atoms. The van der Waals surface area contributed by atoms with E-state index in [4.69, 9.17) is 9.47 Å². The highest BCUT2D eigenvalue weighted by Crippen LogP contribution is 2.37. The van der Waals surface area contributed by atoms with Gasteiger partial charge in [0.2, 0.25) is 0 Å². The van der Waals surface area contributed by atoms with Crippen LogP contribution >= 0.6 is 24.8 Å². The van der Waals surface area contributed by atoms with Crippen LogP contribution in [0.2, 0.25) is 0 Å². The second kappa shape index (κ2) is 15.9. The average molecular weight is 620 g/mol. The molecule has 3 aliphatic carbocycles. The molecule has 0 N–H and O–H groups in total. The first-order chi connectivity index (χ1) is 19.4. The van der Waals surface area contributed by atoms with Crippen LogP contribution in [0.15, 0.2) is 36.4 Å². The lowest BCUT2D eigenvalue weighted by Crippen LogP contribution is -2.36. The molecule has 0 saturated heterocycles. The van der Waals surface area contributed by atoms with Crippen molar-refractivity contribution < 1.29 is 23.9 Å². The third-order valence-corrected chi connectivity index (χ3v) is 9.04. The van der Waals surface area contributed by atoms with E-state index in [1.54, 1.807) is 36.4 Å². The van der Waals surface area contributed by atoms with Crippen LogP contribution in [0.1, 0.15) is 101 Å². The number of likely N-dealkylation sites (N-methyl/N-ethyl adjacent to an activating group) is 2. The van der Waals surface area contributed by atoms with E-state index in [0.717, 1.165) is 11.1 Å². The molecule has 7 nitrogen and oxygen atoms in total. The van der Waals surface area contributed by atoms with Crippen molar-refractivity contribution in [1.29, 1.82) is 0 Å². The summed E-state index contributed by atoms with van der Waals surface area (Å²) < 4.78 is 11.1. The van der Waals surface area contributed by atoms with Crippen molar-refractivity contribution in [3.05, 3.63) is 58.7 Å². The van der Waals surface area contributed by atoms with Crippen molar-refractivity contribution in [2.24, 2.45) is 0 Å². The first-order valence-electron chi connectivity index (χ1n) is 15.0. The van der Waals surface area contributed by atoms with Crippen molar-refractivity contribution in [3.63, 3.8) is 0 Å². The van der Waals surface area contributed by atoms with Crippen molar-refractivity contribution in [2.45, 2.75) is 76.3 Å². The number of hydrogen-bond acceptors (Lipinski definition) is 7. The Kier molecular flexibility index (Phi) is 12.9. The number of ether oxygens (including phenoxy) is 2. The van der Waals surface area contributed by atoms with Gasteiger partial charge in [-0.2, -0.15) is 0 Å². The molecule has 9 heteroatoms. The Morgan fingerprint density at radius 2 is 1.02 bits per heavy atom. The third kappa shape index (κ3) is 7.93. The molecule has 3 aliphatic rings. The third-order valence-electron chi connectivity index (χ3n) is 9.04. The second-order valence-electron chi connectivity index (χ2n) is 11.7. The Morgan fingerprint density at radius 1 is 0.643 bits per heavy atom. The molecule has 0 bridgehead atoms. The molecule has 0 aliphatic heterocycles. The minimum absolute atomic E-state index is 0. The summed E-state index contributed by atoms with van der Waals surface area (Å²) >= 11 is 0. The van der Waals surface area contributed by atoms with Crippen molar-refractivity contribution in [3.8, 4) is 11.1 Å². The number of halogens is 2. The highest BCUT2D eigenvalue weighted by molar-refractivity contribution is 6.22. The Labute approximate surface area is 262 Å². The van der Waals surface area contributed by atoms with E-state index >= 15 is 0 Å². The van der Waals surface area contributed by atoms with Crippen LogP contribution in [0.3, 0.4) is 0 Å². The molecule has 0 aromatic heterocycles. The summed E-state index contributed by atoms with van der Waals surface area (Å²) in [7, 11) is 4.18. The van der Waals surface area contributed by atoms with Gasteiger partial charge in [-0.05, 0) is 75.2 Å². The summed E-state index contributed by atoms with van der Waals surface area (Å²) in [5.74, 6) is -1.04. The minimum Gasteiger partial charge on any atom is -0.461 e. The number of benzene rings is 2. The lowest BCUT2D eigenvalue weighted by Gasteiger charge is -2.30. The molecule has 0 radical (unpaired) electrons. The lowest BCUT2D eigenvalue weighted by molar-refractivity contribution is 0.0434. The predicted molar refractivity (Wildman–Crippen MR) is 169 cm³/mol. The fourth-order valence-corrected chi connectivity index (χ4v) is 6.47. The molecule has 2 fully saturated rings. The Bertz CT molecular complexity index is 1150. The number of rotatable bonds is 10. The molecule has 0 spiro atoms. The van der Waals surface area contributed by atoms with Crippen LogP contribution in [-0.2, 0) is 9.47 Å². The maximum absolute atomic E-state index is 13.3. The van der Waals surface area contributed by atoms with Crippen LogP contribution in [-0.4, -0.2) is 80.0 Å². The van der Waals surface area contributed by atoms with Crippen molar-refractivity contribution in [2.75, 3.05) is 40.4 Å². The molecule has 0 unspecified atom stereocenters. The molecule has 2 aromatic carbocycles. The quantitative estimate of drug-likeness (QED) is 0.237. The normalized spacial score (nSPS) is 16.8. The van der Waals surface area contributed by atoms with Gasteiger partial charge in [-0.1, -0.05) is 50.7 Å². The van der Waals surface area contributed by atoms with E-state index in [2.05, 4.69) is 23.9 Å². The van der Waals surface area contributed by atoms with E-state index < -0.39 is 11.9 Å². The summed E-state index contributed by atoms with van der Waals surface area (Å²) in [5.41, 5.74) is 3.18. The van der Waals surface area contributed by atoms with Gasteiger partial charge in [0, 0.05) is 36.3 Å². The maximum Gasteiger partial charge on any atom is 0.338 e. The molecule has 0 amide bonds. The number of fused-ring (bicyclic) bond motifs is 3. The number of esters is 2. The highest BCUT2D eigenvalue weighted by atomic mass is 35.5. The molecule has 0 heterocycles. The summed E-state index contributed by atoms with van der Waals surface area (Å²) in [6, 6.07) is 11.4. The fraction of sp³-hybridized carbons (Fsp3) is 0.545. The van der Waals surface area contributed by atoms with Crippen molar-refractivity contribution >= 4 is 42.5 Å². The van der Waals surface area contributed by atoms with Crippen LogP contribution in [0.4, 0.5) is 0 Å². The van der Waals surface area contributed by atoms with E-state index in [1.165, 1.54) is 64.2 Å². The monoisotopic (exact) mass is 618 g/mol. The second-order valence-corrected chi connectivity index (χ2v) is 11.7. The Hall–Kier alpha value is -2.45. The van der Waals surface area contributed by atoms with Gasteiger partial charge in [0.1, 0.15) is 13.2 Å². The Balaban J connectivity index is 0.00000242. The molecule has 2 saturated carbocycles. The number of ketones is 1. The first-order valence-corrected chi connectivity index (χ1v) is 15.0. The fourth-order valence-electron chi connectivity index (χ4n) is 6.47. The summed E-state index contributed by atoms with van der Waals surface area (Å²) in [4.78, 5) is 43.4. The van der Waals surface area contributed by atoms with Gasteiger partial charge in [0.05, 0.1) is 11.1 Å². The molecule has 2 aromatic rings. The van der Waals surface area contributed by atoms with E-state index in [-0.39, 0.29) is 30.6 Å². The number of nitrogens with zero attached hydrogens (tertiary/aromatic N) is 2. The van der Waals surface area contributed by atoms with Gasteiger partial charge in [0.25, 0.3) is 0 Å². The lowest BCUT2D eigenvalue weighted by atomic mass is 9.94. The zero-order valence-electron chi connectivity index (χ0n) is 24.8. The van der Waals surface area contributed by atoms with Gasteiger partial charge < -0.3 is 19.3 Å². The molecule has 230 valence electrons. The van der Waals surface area contributed by atoms with Gasteiger partial charge in [0.15, 0.2) is 5.78 Å². The maximum atomic E-state index is 13.3. The summed E-state index contributed by atoms with van der Waals surface area (Å²) in [6.45, 7) is 2.03. The first kappa shape index (κ1) is 34.0. The van der Waals surface area contributed by atoms with Gasteiger partial charge in [-0.25, -0.2) is 9.59 Å². The highest BCUT2D eigenvalue weighted by Gasteiger charge is 2.29.